The molecule has 1 atom stereocenters. The Morgan fingerprint density at radius 2 is 2.00 bits per heavy atom. The molecule has 2 aromatic rings. The Balaban J connectivity index is 2.42. The minimum absolute atomic E-state index is 0.818. The van der Waals surface area contributed by atoms with E-state index >= 15 is 0 Å². The molecule has 0 aliphatic carbocycles. The normalized spacial score (nSPS) is 9.79. The second-order valence-corrected chi connectivity index (χ2v) is 3.10. The average Bonchev–Trinajstić information content (AvgIpc) is 2.30. The molecule has 0 saturated heterocycles. The van der Waals surface area contributed by atoms with Crippen molar-refractivity contribution in [1.82, 2.24) is 4.98 Å². The fourth-order valence-corrected chi connectivity index (χ4v) is 1.41. The maximum absolute atomic E-state index is 5.07. The van der Waals surface area contributed by atoms with Crippen LogP contribution in [0.5, 0.6) is 5.75 Å². The minimum atomic E-state index is 0.818. The van der Waals surface area contributed by atoms with Crippen molar-refractivity contribution in [3.05, 3.63) is 48.7 Å². The molecule has 1 aromatic heterocycles. The first kappa shape index (κ1) is 9.17. The van der Waals surface area contributed by atoms with Gasteiger partial charge in [-0.25, -0.2) is 0 Å². The molecule has 14 heavy (non-hydrogen) atoms. The Kier molecular flexibility index (Phi) is 2.76. The van der Waals surface area contributed by atoms with Gasteiger partial charge in [0, 0.05) is 11.8 Å². The number of benzene rings is 1. The zero-order chi connectivity index (χ0) is 9.80. The summed E-state index contributed by atoms with van der Waals surface area (Å²) in [6.07, 6.45) is 1.78. The summed E-state index contributed by atoms with van der Waals surface area (Å²) >= 11 is 0. The van der Waals surface area contributed by atoms with Crippen LogP contribution < -0.4 is 4.52 Å². The van der Waals surface area contributed by atoms with Gasteiger partial charge in [0.1, 0.15) is 5.75 Å². The third-order valence-electron chi connectivity index (χ3n) is 1.93. The molecule has 0 saturated carbocycles. The van der Waals surface area contributed by atoms with Gasteiger partial charge in [-0.3, -0.25) is 4.98 Å². The molecule has 1 aromatic carbocycles. The number of hydrogen-bond donors (Lipinski definition) is 0. The first-order valence-corrected chi connectivity index (χ1v) is 4.75. The lowest BCUT2D eigenvalue weighted by Crippen LogP contribution is -1.82. The maximum atomic E-state index is 5.07. The van der Waals surface area contributed by atoms with Crippen LogP contribution in [0.1, 0.15) is 0 Å². The van der Waals surface area contributed by atoms with E-state index in [9.17, 15) is 0 Å². The predicted molar refractivity (Wildman–Crippen MR) is 60.0 cm³/mol. The zero-order valence-corrected chi connectivity index (χ0v) is 8.71. The Hall–Kier alpha value is -1.40. The first-order chi connectivity index (χ1) is 6.90. The highest BCUT2D eigenvalue weighted by molar-refractivity contribution is 7.10. The number of nitrogens with zero attached hydrogens (tertiary/aromatic N) is 1. The molecule has 0 fully saturated rings. The topological polar surface area (TPSA) is 22.1 Å². The molecule has 0 spiro atoms. The number of pyridine rings is 1. The van der Waals surface area contributed by atoms with Crippen LogP contribution in [0.4, 0.5) is 0 Å². The molecule has 0 amide bonds. The van der Waals surface area contributed by atoms with Crippen LogP contribution in [0, 0.1) is 0 Å². The third-order valence-corrected chi connectivity index (χ3v) is 2.20. The highest BCUT2D eigenvalue weighted by atomic mass is 31.0. The average molecular weight is 203 g/mol. The van der Waals surface area contributed by atoms with E-state index in [1.165, 1.54) is 0 Å². The number of aromatic nitrogens is 1. The Morgan fingerprint density at radius 3 is 2.71 bits per heavy atom. The van der Waals surface area contributed by atoms with Crippen molar-refractivity contribution < 1.29 is 4.52 Å². The van der Waals surface area contributed by atoms with Crippen molar-refractivity contribution in [3.63, 3.8) is 0 Å². The molecular formula is C11H10NOP. The van der Waals surface area contributed by atoms with Crippen LogP contribution >= 0.6 is 9.47 Å². The van der Waals surface area contributed by atoms with Gasteiger partial charge in [-0.1, -0.05) is 18.2 Å². The van der Waals surface area contributed by atoms with E-state index in [-0.39, 0.29) is 0 Å². The van der Waals surface area contributed by atoms with E-state index in [1.54, 1.807) is 6.20 Å². The van der Waals surface area contributed by atoms with E-state index in [0.717, 1.165) is 17.0 Å². The molecule has 70 valence electrons. The lowest BCUT2D eigenvalue weighted by atomic mass is 10.1. The Morgan fingerprint density at radius 1 is 1.07 bits per heavy atom. The standard InChI is InChI=1S/C11H10NOP/c14-13-10-5-3-4-9(8-10)11-6-1-2-7-12-11/h1-8H,14H2. The van der Waals surface area contributed by atoms with Gasteiger partial charge >= 0.3 is 0 Å². The summed E-state index contributed by atoms with van der Waals surface area (Å²) < 4.78 is 5.07. The molecule has 0 bridgehead atoms. The van der Waals surface area contributed by atoms with Gasteiger partial charge in [0.25, 0.3) is 0 Å². The molecule has 0 aliphatic rings. The Bertz CT molecular complexity index is 417. The quantitative estimate of drug-likeness (QED) is 0.700. The van der Waals surface area contributed by atoms with Crippen LogP contribution in [0.3, 0.4) is 0 Å². The highest BCUT2D eigenvalue weighted by Crippen LogP contribution is 2.22. The summed E-state index contributed by atoms with van der Waals surface area (Å²) in [7, 11) is 2.23. The molecule has 1 unspecified atom stereocenters. The van der Waals surface area contributed by atoms with Gasteiger partial charge in [-0.15, -0.1) is 0 Å². The lowest BCUT2D eigenvalue weighted by molar-refractivity contribution is 0.646. The second-order valence-electron chi connectivity index (χ2n) is 2.86. The number of rotatable bonds is 2. The summed E-state index contributed by atoms with van der Waals surface area (Å²) in [5, 5.41) is 0. The molecule has 1 heterocycles. The van der Waals surface area contributed by atoms with Gasteiger partial charge in [0.05, 0.1) is 15.2 Å². The summed E-state index contributed by atoms with van der Waals surface area (Å²) in [6, 6.07) is 13.7. The van der Waals surface area contributed by atoms with Gasteiger partial charge in [0.15, 0.2) is 0 Å². The smallest absolute Gasteiger partial charge is 0.123 e. The molecule has 2 nitrogen and oxygen atoms in total. The summed E-state index contributed by atoms with van der Waals surface area (Å²) in [4.78, 5) is 4.26. The summed E-state index contributed by atoms with van der Waals surface area (Å²) in [6.45, 7) is 0. The van der Waals surface area contributed by atoms with Crippen molar-refractivity contribution >= 4 is 9.47 Å². The number of hydrogen-bond acceptors (Lipinski definition) is 2. The van der Waals surface area contributed by atoms with E-state index in [0.29, 0.717) is 0 Å². The van der Waals surface area contributed by atoms with E-state index in [4.69, 9.17) is 4.52 Å². The fourth-order valence-electron chi connectivity index (χ4n) is 1.26. The summed E-state index contributed by atoms with van der Waals surface area (Å²) in [5.74, 6) is 0.818. The first-order valence-electron chi connectivity index (χ1n) is 4.28. The van der Waals surface area contributed by atoms with E-state index < -0.39 is 0 Å². The zero-order valence-electron chi connectivity index (χ0n) is 7.55. The molecule has 0 N–H and O–H groups in total. The lowest BCUT2D eigenvalue weighted by Gasteiger charge is -2.02. The Labute approximate surface area is 85.2 Å². The van der Waals surface area contributed by atoms with Gasteiger partial charge < -0.3 is 4.52 Å². The fraction of sp³-hybridized carbons (Fsp3) is 0. The van der Waals surface area contributed by atoms with Crippen molar-refractivity contribution in [2.75, 3.05) is 0 Å². The molecule has 0 radical (unpaired) electrons. The van der Waals surface area contributed by atoms with Crippen LogP contribution in [0.2, 0.25) is 0 Å². The van der Waals surface area contributed by atoms with Crippen molar-refractivity contribution in [2.45, 2.75) is 0 Å². The molecule has 3 heteroatoms. The SMILES string of the molecule is POc1cccc(-c2ccccn2)c1. The predicted octanol–water partition coefficient (Wildman–Crippen LogP) is 2.92. The highest BCUT2D eigenvalue weighted by Gasteiger charge is 1.98. The molecule has 2 rings (SSSR count). The van der Waals surface area contributed by atoms with Gasteiger partial charge in [0.2, 0.25) is 0 Å². The van der Waals surface area contributed by atoms with Crippen LogP contribution in [0.25, 0.3) is 11.3 Å². The van der Waals surface area contributed by atoms with Crippen molar-refractivity contribution in [1.29, 1.82) is 0 Å². The second kappa shape index (κ2) is 4.21. The van der Waals surface area contributed by atoms with Gasteiger partial charge in [-0.2, -0.15) is 0 Å². The summed E-state index contributed by atoms with van der Waals surface area (Å²) in [5.41, 5.74) is 2.02. The van der Waals surface area contributed by atoms with Gasteiger partial charge in [-0.05, 0) is 24.3 Å². The third kappa shape index (κ3) is 1.91. The van der Waals surface area contributed by atoms with Crippen LogP contribution in [-0.2, 0) is 0 Å². The molecular weight excluding hydrogens is 193 g/mol. The van der Waals surface area contributed by atoms with Crippen LogP contribution in [0.15, 0.2) is 48.7 Å². The van der Waals surface area contributed by atoms with E-state index in [2.05, 4.69) is 14.5 Å². The maximum Gasteiger partial charge on any atom is 0.123 e. The monoisotopic (exact) mass is 203 g/mol. The van der Waals surface area contributed by atoms with E-state index in [1.807, 2.05) is 42.5 Å². The van der Waals surface area contributed by atoms with Crippen LogP contribution in [-0.4, -0.2) is 4.98 Å². The van der Waals surface area contributed by atoms with Crippen molar-refractivity contribution in [2.24, 2.45) is 0 Å². The van der Waals surface area contributed by atoms with Crippen molar-refractivity contribution in [3.8, 4) is 17.0 Å². The minimum Gasteiger partial charge on any atom is -0.480 e. The molecule has 0 aliphatic heterocycles. The largest absolute Gasteiger partial charge is 0.480 e.